The van der Waals surface area contributed by atoms with Gasteiger partial charge in [-0.15, -0.1) is 0 Å². The first-order valence-electron chi connectivity index (χ1n) is 7.99. The van der Waals surface area contributed by atoms with Gasteiger partial charge in [0.25, 0.3) is 0 Å². The molecule has 4 nitrogen and oxygen atoms in total. The van der Waals surface area contributed by atoms with Crippen molar-refractivity contribution < 1.29 is 14.2 Å². The molecular weight excluding hydrogens is 290 g/mol. The lowest BCUT2D eigenvalue weighted by Crippen LogP contribution is -2.43. The number of hydrogen-bond acceptors (Lipinski definition) is 4. The smallest absolute Gasteiger partial charge is 0.151 e. The van der Waals surface area contributed by atoms with Crippen LogP contribution in [-0.4, -0.2) is 32.9 Å². The topological polar surface area (TPSA) is 39.7 Å². The molecule has 0 spiro atoms. The highest BCUT2D eigenvalue weighted by Crippen LogP contribution is 2.29. The predicted molar refractivity (Wildman–Crippen MR) is 89.6 cm³/mol. The molecule has 122 valence electrons. The summed E-state index contributed by atoms with van der Waals surface area (Å²) in [7, 11) is 1.69. The van der Waals surface area contributed by atoms with E-state index in [1.54, 1.807) is 7.11 Å². The van der Waals surface area contributed by atoms with Gasteiger partial charge in [-0.3, -0.25) is 0 Å². The van der Waals surface area contributed by atoms with E-state index >= 15 is 0 Å². The average Bonchev–Trinajstić information content (AvgIpc) is 2.63. The molecule has 0 bridgehead atoms. The highest BCUT2D eigenvalue weighted by Gasteiger charge is 2.28. The van der Waals surface area contributed by atoms with Gasteiger partial charge in [0, 0.05) is 25.8 Å². The lowest BCUT2D eigenvalue weighted by atomic mass is 10.0. The van der Waals surface area contributed by atoms with Gasteiger partial charge in [-0.2, -0.15) is 0 Å². The van der Waals surface area contributed by atoms with Crippen LogP contribution >= 0.6 is 0 Å². The lowest BCUT2D eigenvalue weighted by molar-refractivity contribution is -0.0438. The van der Waals surface area contributed by atoms with E-state index in [4.69, 9.17) is 14.2 Å². The number of para-hydroxylation sites is 1. The second-order valence-corrected chi connectivity index (χ2v) is 5.60. The monoisotopic (exact) mass is 313 g/mol. The molecule has 0 unspecified atom stereocenters. The van der Waals surface area contributed by atoms with Crippen molar-refractivity contribution >= 4 is 0 Å². The summed E-state index contributed by atoms with van der Waals surface area (Å²) in [6, 6.07) is 18.2. The maximum atomic E-state index is 6.38. The van der Waals surface area contributed by atoms with E-state index in [1.807, 2.05) is 42.5 Å². The Kier molecular flexibility index (Phi) is 5.64. The molecule has 2 aromatic carbocycles. The summed E-state index contributed by atoms with van der Waals surface area (Å²) < 4.78 is 17.6. The molecule has 0 saturated carbocycles. The molecule has 2 atom stereocenters. The summed E-state index contributed by atoms with van der Waals surface area (Å²) in [6.07, 6.45) is -0.163. The van der Waals surface area contributed by atoms with Crippen LogP contribution in [0.25, 0.3) is 0 Å². The predicted octanol–water partition coefficient (Wildman–Crippen LogP) is 2.94. The van der Waals surface area contributed by atoms with Crippen molar-refractivity contribution in [3.05, 3.63) is 65.7 Å². The number of morpholine rings is 1. The van der Waals surface area contributed by atoms with Crippen molar-refractivity contribution in [1.82, 2.24) is 5.32 Å². The van der Waals surface area contributed by atoms with Gasteiger partial charge in [0.05, 0.1) is 13.2 Å². The fourth-order valence-corrected chi connectivity index (χ4v) is 2.81. The number of benzene rings is 2. The number of rotatable bonds is 6. The van der Waals surface area contributed by atoms with Gasteiger partial charge in [-0.25, -0.2) is 0 Å². The maximum absolute atomic E-state index is 6.38. The zero-order valence-electron chi connectivity index (χ0n) is 13.4. The molecule has 1 aliphatic heterocycles. The van der Waals surface area contributed by atoms with Crippen molar-refractivity contribution in [1.29, 1.82) is 0 Å². The molecule has 0 aliphatic carbocycles. The molecular formula is C19H23NO3. The average molecular weight is 313 g/mol. The minimum atomic E-state index is -0.151. The Morgan fingerprint density at radius 3 is 2.65 bits per heavy atom. The quantitative estimate of drug-likeness (QED) is 0.890. The Morgan fingerprint density at radius 1 is 1.13 bits per heavy atom. The number of ether oxygens (including phenoxy) is 3. The molecule has 1 aliphatic rings. The molecule has 1 heterocycles. The second kappa shape index (κ2) is 8.11. The Labute approximate surface area is 137 Å². The molecule has 23 heavy (non-hydrogen) atoms. The van der Waals surface area contributed by atoms with Crippen LogP contribution in [0.1, 0.15) is 17.2 Å². The first-order chi connectivity index (χ1) is 11.4. The standard InChI is InChI=1S/C19H23NO3/c1-21-14-16-9-5-6-10-17(16)23-19(15-7-3-2-4-8-15)18-13-20-11-12-22-18/h2-10,18-20H,11-14H2,1H3/t18-,19-/m0/s1. The van der Waals surface area contributed by atoms with Gasteiger partial charge in [0.2, 0.25) is 0 Å². The van der Waals surface area contributed by atoms with E-state index < -0.39 is 0 Å². The van der Waals surface area contributed by atoms with E-state index in [9.17, 15) is 0 Å². The van der Waals surface area contributed by atoms with E-state index in [2.05, 4.69) is 17.4 Å². The van der Waals surface area contributed by atoms with Gasteiger partial charge >= 0.3 is 0 Å². The van der Waals surface area contributed by atoms with Crippen LogP contribution in [0.15, 0.2) is 54.6 Å². The van der Waals surface area contributed by atoms with Crippen LogP contribution in [-0.2, 0) is 16.1 Å². The fraction of sp³-hybridized carbons (Fsp3) is 0.368. The summed E-state index contributed by atoms with van der Waals surface area (Å²) in [5.74, 6) is 0.845. The molecule has 0 radical (unpaired) electrons. The van der Waals surface area contributed by atoms with E-state index in [1.165, 1.54) is 0 Å². The normalized spacial score (nSPS) is 19.3. The largest absolute Gasteiger partial charge is 0.483 e. The van der Waals surface area contributed by atoms with Gasteiger partial charge in [-0.1, -0.05) is 48.5 Å². The molecule has 1 fully saturated rings. The van der Waals surface area contributed by atoms with Crippen LogP contribution in [0, 0.1) is 0 Å². The number of nitrogens with one attached hydrogen (secondary N) is 1. The fourth-order valence-electron chi connectivity index (χ4n) is 2.81. The maximum Gasteiger partial charge on any atom is 0.151 e. The Hall–Kier alpha value is -1.88. The number of hydrogen-bond donors (Lipinski definition) is 1. The van der Waals surface area contributed by atoms with Gasteiger partial charge in [0.1, 0.15) is 11.9 Å². The first kappa shape index (κ1) is 16.0. The van der Waals surface area contributed by atoms with Gasteiger partial charge in [-0.05, 0) is 11.6 Å². The second-order valence-electron chi connectivity index (χ2n) is 5.60. The van der Waals surface area contributed by atoms with Crippen LogP contribution in [0.5, 0.6) is 5.75 Å². The minimum absolute atomic E-state index is 0.0123. The van der Waals surface area contributed by atoms with Gasteiger partial charge in [0.15, 0.2) is 6.10 Å². The summed E-state index contributed by atoms with van der Waals surface area (Å²) in [6.45, 7) is 2.91. The summed E-state index contributed by atoms with van der Waals surface area (Å²) >= 11 is 0. The van der Waals surface area contributed by atoms with Crippen molar-refractivity contribution in [2.24, 2.45) is 0 Å². The molecule has 2 aromatic rings. The van der Waals surface area contributed by atoms with Crippen molar-refractivity contribution in [3.63, 3.8) is 0 Å². The van der Waals surface area contributed by atoms with Crippen LogP contribution < -0.4 is 10.1 Å². The zero-order chi connectivity index (χ0) is 15.9. The number of methoxy groups -OCH3 is 1. The van der Waals surface area contributed by atoms with Crippen LogP contribution in [0.3, 0.4) is 0 Å². The molecule has 1 saturated heterocycles. The lowest BCUT2D eigenvalue weighted by Gasteiger charge is -2.32. The minimum Gasteiger partial charge on any atom is -0.483 e. The summed E-state index contributed by atoms with van der Waals surface area (Å²) in [4.78, 5) is 0. The molecule has 4 heteroatoms. The molecule has 0 amide bonds. The Bertz CT molecular complexity index is 597. The van der Waals surface area contributed by atoms with Crippen LogP contribution in [0.2, 0.25) is 0 Å². The van der Waals surface area contributed by atoms with Crippen molar-refractivity contribution in [2.45, 2.75) is 18.8 Å². The zero-order valence-corrected chi connectivity index (χ0v) is 13.4. The van der Waals surface area contributed by atoms with Gasteiger partial charge < -0.3 is 19.5 Å². The third-order valence-electron chi connectivity index (χ3n) is 3.95. The SMILES string of the molecule is COCc1ccccc1O[C@@H](c1ccccc1)[C@@H]1CNCCO1. The van der Waals surface area contributed by atoms with Crippen molar-refractivity contribution in [2.75, 3.05) is 26.8 Å². The molecule has 1 N–H and O–H groups in total. The third-order valence-corrected chi connectivity index (χ3v) is 3.95. The van der Waals surface area contributed by atoms with Crippen molar-refractivity contribution in [3.8, 4) is 5.75 Å². The third kappa shape index (κ3) is 4.10. The molecule has 0 aromatic heterocycles. The highest BCUT2D eigenvalue weighted by molar-refractivity contribution is 5.34. The summed E-state index contributed by atoms with van der Waals surface area (Å²) in [5, 5.41) is 3.38. The van der Waals surface area contributed by atoms with E-state index in [0.717, 1.165) is 30.0 Å². The van der Waals surface area contributed by atoms with E-state index in [-0.39, 0.29) is 12.2 Å². The highest BCUT2D eigenvalue weighted by atomic mass is 16.5. The first-order valence-corrected chi connectivity index (χ1v) is 7.99. The molecule has 3 rings (SSSR count). The Balaban J connectivity index is 1.86. The van der Waals surface area contributed by atoms with E-state index in [0.29, 0.717) is 13.2 Å². The Morgan fingerprint density at radius 2 is 1.91 bits per heavy atom. The van der Waals surface area contributed by atoms with Crippen LogP contribution in [0.4, 0.5) is 0 Å². The summed E-state index contributed by atoms with van der Waals surface area (Å²) in [5.41, 5.74) is 2.16.